The number of carbonyl (C=O) groups is 3. The Morgan fingerprint density at radius 3 is 2.62 bits per heavy atom. The number of aliphatic carboxylic acids is 1. The summed E-state index contributed by atoms with van der Waals surface area (Å²) in [6.07, 6.45) is 4.07. The number of hydrogen-bond donors (Lipinski definition) is 3. The van der Waals surface area contributed by atoms with E-state index in [1.807, 2.05) is 30.5 Å². The molecule has 1 atom stereocenters. The number of carboxylic acid groups (broad SMARTS) is 1. The van der Waals surface area contributed by atoms with Gasteiger partial charge in [0.1, 0.15) is 6.04 Å². The number of carboxylic acids is 1. The van der Waals surface area contributed by atoms with Gasteiger partial charge in [0.05, 0.1) is 6.61 Å². The van der Waals surface area contributed by atoms with Crippen LogP contribution in [0.4, 0.5) is 0 Å². The Balaban J connectivity index is 2.02. The Morgan fingerprint density at radius 1 is 1.14 bits per heavy atom. The predicted molar refractivity (Wildman–Crippen MR) is 110 cm³/mol. The fraction of sp³-hybridized carbons (Fsp3) is 0.500. The van der Waals surface area contributed by atoms with Gasteiger partial charge >= 0.3 is 11.9 Å². The molecule has 158 valence electrons. The Bertz CT molecular complexity index is 827. The van der Waals surface area contributed by atoms with E-state index in [0.717, 1.165) is 29.3 Å². The number of esters is 1. The second-order valence-electron chi connectivity index (χ2n) is 7.63. The predicted octanol–water partition coefficient (Wildman–Crippen LogP) is 3.43. The van der Waals surface area contributed by atoms with Crippen LogP contribution in [0.3, 0.4) is 0 Å². The molecule has 0 saturated carbocycles. The Kier molecular flexibility index (Phi) is 8.70. The van der Waals surface area contributed by atoms with E-state index in [1.54, 1.807) is 0 Å². The van der Waals surface area contributed by atoms with E-state index >= 15 is 0 Å². The van der Waals surface area contributed by atoms with Gasteiger partial charge in [-0.3, -0.25) is 9.59 Å². The monoisotopic (exact) mass is 402 g/mol. The first-order chi connectivity index (χ1) is 13.9. The molecule has 0 fully saturated rings. The van der Waals surface area contributed by atoms with Crippen molar-refractivity contribution >= 4 is 28.7 Å². The van der Waals surface area contributed by atoms with Crippen LogP contribution in [0.1, 0.15) is 51.5 Å². The third-order valence-corrected chi connectivity index (χ3v) is 4.68. The maximum absolute atomic E-state index is 12.6. The van der Waals surface area contributed by atoms with Crippen molar-refractivity contribution in [3.8, 4) is 0 Å². The highest BCUT2D eigenvalue weighted by atomic mass is 16.5. The summed E-state index contributed by atoms with van der Waals surface area (Å²) in [6, 6.07) is 6.94. The normalized spacial score (nSPS) is 12.1. The highest BCUT2D eigenvalue weighted by Crippen LogP contribution is 2.19. The summed E-state index contributed by atoms with van der Waals surface area (Å²) >= 11 is 0. The van der Waals surface area contributed by atoms with Gasteiger partial charge in [-0.25, -0.2) is 4.79 Å². The van der Waals surface area contributed by atoms with Crippen molar-refractivity contribution in [2.45, 2.75) is 58.4 Å². The zero-order valence-electron chi connectivity index (χ0n) is 17.1. The van der Waals surface area contributed by atoms with Gasteiger partial charge in [-0.15, -0.1) is 0 Å². The molecule has 0 aliphatic rings. The largest absolute Gasteiger partial charge is 0.481 e. The van der Waals surface area contributed by atoms with Crippen molar-refractivity contribution in [1.29, 1.82) is 0 Å². The van der Waals surface area contributed by atoms with Crippen molar-refractivity contribution in [3.63, 3.8) is 0 Å². The molecule has 3 N–H and O–H groups in total. The van der Waals surface area contributed by atoms with E-state index < -0.39 is 18.0 Å². The molecule has 0 aliphatic carbocycles. The van der Waals surface area contributed by atoms with Crippen LogP contribution in [0.15, 0.2) is 30.5 Å². The highest BCUT2D eigenvalue weighted by molar-refractivity contribution is 5.87. The fourth-order valence-electron chi connectivity index (χ4n) is 3.15. The standard InChI is InChI=1S/C22H30N2O5/c1-15(2)7-6-12-29-22(28)19(24-20(25)10-5-11-21(26)27)13-16-14-23-18-9-4-3-8-17(16)18/h3-4,8-9,14-15,19,23H,5-7,10-13H2,1-2H3,(H,24,25)(H,26,27)/t19-/m0/s1. The van der Waals surface area contributed by atoms with Crippen molar-refractivity contribution < 1.29 is 24.2 Å². The number of carbonyl (C=O) groups excluding carboxylic acids is 2. The number of rotatable bonds is 12. The molecule has 0 aliphatic heterocycles. The maximum atomic E-state index is 12.6. The number of aromatic amines is 1. The molecule has 0 spiro atoms. The first-order valence-corrected chi connectivity index (χ1v) is 10.1. The Labute approximate surface area is 170 Å². The van der Waals surface area contributed by atoms with Crippen molar-refractivity contribution in [1.82, 2.24) is 10.3 Å². The summed E-state index contributed by atoms with van der Waals surface area (Å²) in [5.74, 6) is -1.23. The van der Waals surface area contributed by atoms with Gasteiger partial charge in [0.25, 0.3) is 0 Å². The van der Waals surface area contributed by atoms with Crippen LogP contribution >= 0.6 is 0 Å². The molecule has 0 unspecified atom stereocenters. The first kappa shape index (κ1) is 22.5. The second-order valence-corrected chi connectivity index (χ2v) is 7.63. The van der Waals surface area contributed by atoms with E-state index in [2.05, 4.69) is 24.1 Å². The van der Waals surface area contributed by atoms with Crippen molar-refractivity contribution in [2.24, 2.45) is 5.92 Å². The molecule has 2 aromatic rings. The molecule has 1 amide bonds. The molecule has 0 radical (unpaired) electrons. The summed E-state index contributed by atoms with van der Waals surface area (Å²) in [6.45, 7) is 4.54. The number of nitrogens with one attached hydrogen (secondary N) is 2. The molecule has 0 saturated heterocycles. The lowest BCUT2D eigenvalue weighted by Crippen LogP contribution is -2.43. The van der Waals surface area contributed by atoms with Crippen molar-refractivity contribution in [3.05, 3.63) is 36.0 Å². The lowest BCUT2D eigenvalue weighted by Gasteiger charge is -2.18. The summed E-state index contributed by atoms with van der Waals surface area (Å²) in [5.41, 5.74) is 1.87. The van der Waals surface area contributed by atoms with Gasteiger partial charge in [0.2, 0.25) is 5.91 Å². The summed E-state index contributed by atoms with van der Waals surface area (Å²) in [4.78, 5) is 38.7. The molecule has 1 aromatic carbocycles. The summed E-state index contributed by atoms with van der Waals surface area (Å²) < 4.78 is 5.40. The summed E-state index contributed by atoms with van der Waals surface area (Å²) in [7, 11) is 0. The van der Waals surface area contributed by atoms with Gasteiger partial charge in [-0.05, 0) is 36.8 Å². The molecule has 0 bridgehead atoms. The van der Waals surface area contributed by atoms with E-state index in [1.165, 1.54) is 0 Å². The minimum atomic E-state index is -0.947. The van der Waals surface area contributed by atoms with E-state index in [0.29, 0.717) is 18.9 Å². The van der Waals surface area contributed by atoms with Crippen LogP contribution in [0.2, 0.25) is 0 Å². The third kappa shape index (κ3) is 7.60. The Morgan fingerprint density at radius 2 is 1.90 bits per heavy atom. The number of ether oxygens (including phenoxy) is 1. The minimum absolute atomic E-state index is 0.0529. The lowest BCUT2D eigenvalue weighted by molar-refractivity contribution is -0.148. The molecule has 2 rings (SSSR count). The molecule has 7 nitrogen and oxygen atoms in total. The van der Waals surface area contributed by atoms with Crippen LogP contribution in [0, 0.1) is 5.92 Å². The van der Waals surface area contributed by atoms with Crippen LogP contribution in [-0.2, 0) is 25.5 Å². The van der Waals surface area contributed by atoms with Crippen LogP contribution in [0.5, 0.6) is 0 Å². The number of para-hydroxylation sites is 1. The lowest BCUT2D eigenvalue weighted by atomic mass is 10.0. The minimum Gasteiger partial charge on any atom is -0.481 e. The summed E-state index contributed by atoms with van der Waals surface area (Å²) in [5, 5.41) is 12.4. The molecular weight excluding hydrogens is 372 g/mol. The van der Waals surface area contributed by atoms with Gasteiger partial charge < -0.3 is 20.1 Å². The van der Waals surface area contributed by atoms with Gasteiger partial charge in [-0.1, -0.05) is 32.0 Å². The zero-order valence-corrected chi connectivity index (χ0v) is 17.1. The van der Waals surface area contributed by atoms with Crippen LogP contribution < -0.4 is 5.32 Å². The molecule has 7 heteroatoms. The van der Waals surface area contributed by atoms with Gasteiger partial charge in [0, 0.05) is 36.4 Å². The van der Waals surface area contributed by atoms with Gasteiger partial charge in [-0.2, -0.15) is 0 Å². The fourth-order valence-corrected chi connectivity index (χ4v) is 3.15. The maximum Gasteiger partial charge on any atom is 0.328 e. The quantitative estimate of drug-likeness (QED) is 0.372. The average Bonchev–Trinajstić information content (AvgIpc) is 3.07. The molecule has 1 heterocycles. The second kappa shape index (κ2) is 11.2. The highest BCUT2D eigenvalue weighted by Gasteiger charge is 2.24. The van der Waals surface area contributed by atoms with E-state index in [9.17, 15) is 14.4 Å². The van der Waals surface area contributed by atoms with E-state index in [-0.39, 0.29) is 25.2 Å². The topological polar surface area (TPSA) is 108 Å². The average molecular weight is 402 g/mol. The number of fused-ring (bicyclic) bond motifs is 1. The Hall–Kier alpha value is -2.83. The third-order valence-electron chi connectivity index (χ3n) is 4.68. The zero-order chi connectivity index (χ0) is 21.2. The van der Waals surface area contributed by atoms with Crippen LogP contribution in [-0.4, -0.2) is 40.6 Å². The van der Waals surface area contributed by atoms with E-state index in [4.69, 9.17) is 9.84 Å². The number of amides is 1. The smallest absolute Gasteiger partial charge is 0.328 e. The number of H-pyrrole nitrogens is 1. The molecule has 1 aromatic heterocycles. The first-order valence-electron chi connectivity index (χ1n) is 10.1. The number of aromatic nitrogens is 1. The number of benzene rings is 1. The van der Waals surface area contributed by atoms with Crippen molar-refractivity contribution in [2.75, 3.05) is 6.61 Å². The van der Waals surface area contributed by atoms with Gasteiger partial charge in [0.15, 0.2) is 0 Å². The van der Waals surface area contributed by atoms with Crippen LogP contribution in [0.25, 0.3) is 10.9 Å². The number of hydrogen-bond acceptors (Lipinski definition) is 4. The molecular formula is C22H30N2O5. The SMILES string of the molecule is CC(C)CCCOC(=O)[C@H](Cc1c[nH]c2ccccc12)NC(=O)CCCC(=O)O. The molecule has 29 heavy (non-hydrogen) atoms.